The molecule has 142 valence electrons. The third kappa shape index (κ3) is 2.10. The molecular weight excluding hydrogens is 374 g/mol. The Morgan fingerprint density at radius 3 is 2.19 bits per heavy atom. The molecule has 2 aromatic rings. The largest absolute Gasteiger partial charge is 0.493 e. The minimum Gasteiger partial charge on any atom is -0.493 e. The van der Waals surface area contributed by atoms with Gasteiger partial charge in [0.05, 0.1) is 19.8 Å². The quantitative estimate of drug-likeness (QED) is 0.714. The Morgan fingerprint density at radius 1 is 1.04 bits per heavy atom. The van der Waals surface area contributed by atoms with Crippen LogP contribution in [0.25, 0.3) is 0 Å². The van der Waals surface area contributed by atoms with Crippen molar-refractivity contribution in [2.75, 3.05) is 19.1 Å². The van der Waals surface area contributed by atoms with Gasteiger partial charge in [0.2, 0.25) is 0 Å². The molecule has 0 N–H and O–H groups in total. The molecule has 1 aromatic heterocycles. The number of halogens is 3. The van der Waals surface area contributed by atoms with Crippen molar-refractivity contribution >= 4 is 17.3 Å². The lowest BCUT2D eigenvalue weighted by Crippen LogP contribution is -2.51. The van der Waals surface area contributed by atoms with Gasteiger partial charge in [-0.2, -0.15) is 0 Å². The van der Waals surface area contributed by atoms with Gasteiger partial charge in [0.25, 0.3) is 0 Å². The molecule has 2 heterocycles. The second kappa shape index (κ2) is 5.47. The maximum absolute atomic E-state index is 15.2. The van der Waals surface area contributed by atoms with Gasteiger partial charge in [-0.15, -0.1) is 0 Å². The monoisotopic (exact) mass is 392 g/mol. The molecular formula is C20H19ClF2N2O2. The highest BCUT2D eigenvalue weighted by molar-refractivity contribution is 6.29. The molecule has 0 radical (unpaired) electrons. The topological polar surface area (TPSA) is 34.6 Å². The van der Waals surface area contributed by atoms with Crippen LogP contribution in [-0.4, -0.2) is 24.7 Å². The van der Waals surface area contributed by atoms with Crippen LogP contribution in [0, 0.1) is 11.6 Å². The third-order valence-electron chi connectivity index (χ3n) is 6.50. The molecule has 2 aliphatic carbocycles. The lowest BCUT2D eigenvalue weighted by atomic mass is 9.78. The van der Waals surface area contributed by atoms with E-state index < -0.39 is 11.6 Å². The van der Waals surface area contributed by atoms with E-state index in [0.717, 1.165) is 31.2 Å². The number of pyridine rings is 1. The van der Waals surface area contributed by atoms with Gasteiger partial charge in [0, 0.05) is 24.2 Å². The Labute approximate surface area is 161 Å². The maximum Gasteiger partial charge on any atom is 0.191 e. The van der Waals surface area contributed by atoms with Crippen molar-refractivity contribution in [3.63, 3.8) is 0 Å². The summed E-state index contributed by atoms with van der Waals surface area (Å²) in [5.74, 6) is -1.43. The number of fused-ring (bicyclic) bond motifs is 3. The van der Waals surface area contributed by atoms with Gasteiger partial charge in [0.1, 0.15) is 10.8 Å². The molecule has 0 amide bonds. The van der Waals surface area contributed by atoms with Crippen LogP contribution in [0.3, 0.4) is 0 Å². The second-order valence-corrected chi connectivity index (χ2v) is 8.01. The highest BCUT2D eigenvalue weighted by Gasteiger charge is 2.71. The molecule has 5 rings (SSSR count). The molecule has 7 heteroatoms. The number of aromatic nitrogens is 1. The summed E-state index contributed by atoms with van der Waals surface area (Å²) in [6, 6.07) is 3.18. The molecule has 0 atom stereocenters. The standard InChI is InChI=1S/C20H19ClF2N2O2/c1-26-13-8-14(27-2)17(23)18(16(13)22)25-10-11-9-24-15(21)7-12(11)19(3-4-19)20(25)5-6-20/h7-9H,3-6,10H2,1-2H3. The molecule has 1 aliphatic heterocycles. The van der Waals surface area contributed by atoms with Gasteiger partial charge in [-0.1, -0.05) is 11.6 Å². The van der Waals surface area contributed by atoms with Crippen molar-refractivity contribution in [3.05, 3.63) is 46.2 Å². The molecule has 27 heavy (non-hydrogen) atoms. The zero-order chi connectivity index (χ0) is 19.0. The van der Waals surface area contributed by atoms with Crippen LogP contribution in [0.4, 0.5) is 14.5 Å². The van der Waals surface area contributed by atoms with Gasteiger partial charge < -0.3 is 14.4 Å². The normalized spacial score (nSPS) is 20.6. The summed E-state index contributed by atoms with van der Waals surface area (Å²) in [5.41, 5.74) is 1.68. The Kier molecular flexibility index (Phi) is 3.46. The van der Waals surface area contributed by atoms with Crippen LogP contribution in [0.5, 0.6) is 11.5 Å². The summed E-state index contributed by atoms with van der Waals surface area (Å²) in [7, 11) is 2.73. The van der Waals surface area contributed by atoms with Gasteiger partial charge in [-0.3, -0.25) is 0 Å². The lowest BCUT2D eigenvalue weighted by molar-refractivity contribution is 0.350. The SMILES string of the molecule is COc1cc(OC)c(F)c(N2Cc3cnc(Cl)cc3C3(CC3)C23CC3)c1F. The van der Waals surface area contributed by atoms with E-state index in [1.807, 2.05) is 11.0 Å². The molecule has 2 spiro atoms. The summed E-state index contributed by atoms with van der Waals surface area (Å²) >= 11 is 6.15. The van der Waals surface area contributed by atoms with E-state index in [1.54, 1.807) is 6.20 Å². The van der Waals surface area contributed by atoms with Crippen LogP contribution in [0.1, 0.15) is 36.8 Å². The van der Waals surface area contributed by atoms with Gasteiger partial charge in [-0.05, 0) is 42.9 Å². The van der Waals surface area contributed by atoms with E-state index in [2.05, 4.69) is 4.98 Å². The molecule has 0 saturated heterocycles. The Bertz CT molecular complexity index is 929. The molecule has 3 aliphatic rings. The first kappa shape index (κ1) is 17.0. The fraction of sp³-hybridized carbons (Fsp3) is 0.450. The van der Waals surface area contributed by atoms with Crippen LogP contribution in [0.15, 0.2) is 18.3 Å². The van der Waals surface area contributed by atoms with Crippen molar-refractivity contribution in [3.8, 4) is 11.5 Å². The van der Waals surface area contributed by atoms with E-state index in [1.165, 1.54) is 25.8 Å². The fourth-order valence-corrected chi connectivity index (χ4v) is 5.15. The number of benzene rings is 1. The van der Waals surface area contributed by atoms with Gasteiger partial charge >= 0.3 is 0 Å². The van der Waals surface area contributed by atoms with E-state index in [9.17, 15) is 0 Å². The predicted octanol–water partition coefficient (Wildman–Crippen LogP) is 4.61. The average molecular weight is 393 g/mol. The van der Waals surface area contributed by atoms with Crippen LogP contribution in [0.2, 0.25) is 5.15 Å². The van der Waals surface area contributed by atoms with Crippen molar-refractivity contribution in [2.24, 2.45) is 0 Å². The average Bonchev–Trinajstić information content (AvgIpc) is 3.55. The molecule has 0 unspecified atom stereocenters. The Hall–Kier alpha value is -2.08. The fourth-order valence-electron chi connectivity index (χ4n) is 4.99. The minimum atomic E-state index is -0.691. The highest BCUT2D eigenvalue weighted by atomic mass is 35.5. The molecule has 4 nitrogen and oxygen atoms in total. The Balaban J connectivity index is 1.73. The van der Waals surface area contributed by atoms with Crippen molar-refractivity contribution in [2.45, 2.75) is 43.2 Å². The summed E-state index contributed by atoms with van der Waals surface area (Å²) in [4.78, 5) is 6.08. The first-order chi connectivity index (χ1) is 13.0. The molecule has 0 bridgehead atoms. The van der Waals surface area contributed by atoms with Crippen LogP contribution in [-0.2, 0) is 12.0 Å². The summed E-state index contributed by atoms with van der Waals surface area (Å²) in [5, 5.41) is 0.463. The smallest absolute Gasteiger partial charge is 0.191 e. The predicted molar refractivity (Wildman–Crippen MR) is 97.8 cm³/mol. The summed E-state index contributed by atoms with van der Waals surface area (Å²) in [6.07, 6.45) is 5.49. The summed E-state index contributed by atoms with van der Waals surface area (Å²) in [6.45, 7) is 0.380. The Morgan fingerprint density at radius 2 is 1.67 bits per heavy atom. The number of hydrogen-bond donors (Lipinski definition) is 0. The van der Waals surface area contributed by atoms with Gasteiger partial charge in [0.15, 0.2) is 23.1 Å². The molecule has 2 saturated carbocycles. The van der Waals surface area contributed by atoms with Crippen molar-refractivity contribution in [1.82, 2.24) is 4.98 Å². The first-order valence-corrected chi connectivity index (χ1v) is 9.38. The van der Waals surface area contributed by atoms with Crippen LogP contribution < -0.4 is 14.4 Å². The number of nitrogens with zero attached hydrogens (tertiary/aromatic N) is 2. The summed E-state index contributed by atoms with van der Waals surface area (Å²) < 4.78 is 40.7. The van der Waals surface area contributed by atoms with E-state index >= 15 is 8.78 Å². The van der Waals surface area contributed by atoms with E-state index in [-0.39, 0.29) is 28.1 Å². The van der Waals surface area contributed by atoms with E-state index in [4.69, 9.17) is 21.1 Å². The second-order valence-electron chi connectivity index (χ2n) is 7.62. The molecule has 1 aromatic carbocycles. The first-order valence-electron chi connectivity index (χ1n) is 9.00. The number of hydrogen-bond acceptors (Lipinski definition) is 4. The maximum atomic E-state index is 15.2. The number of rotatable bonds is 3. The highest BCUT2D eigenvalue weighted by Crippen LogP contribution is 2.71. The number of methoxy groups -OCH3 is 2. The van der Waals surface area contributed by atoms with Crippen molar-refractivity contribution < 1.29 is 18.3 Å². The van der Waals surface area contributed by atoms with E-state index in [0.29, 0.717) is 11.7 Å². The third-order valence-corrected chi connectivity index (χ3v) is 6.71. The van der Waals surface area contributed by atoms with Crippen LogP contribution >= 0.6 is 11.6 Å². The lowest BCUT2D eigenvalue weighted by Gasteiger charge is -2.45. The zero-order valence-corrected chi connectivity index (χ0v) is 15.9. The number of anilines is 1. The minimum absolute atomic E-state index is 0.0241. The number of ether oxygens (including phenoxy) is 2. The zero-order valence-electron chi connectivity index (χ0n) is 15.1. The molecule has 2 fully saturated rings. The van der Waals surface area contributed by atoms with Crippen molar-refractivity contribution in [1.29, 1.82) is 0 Å². The van der Waals surface area contributed by atoms with Gasteiger partial charge in [-0.25, -0.2) is 13.8 Å².